The van der Waals surface area contributed by atoms with E-state index >= 15 is 0 Å². The maximum Gasteiger partial charge on any atom is 0.158 e. The minimum atomic E-state index is 0.340. The molecule has 90 valence electrons. The molecule has 0 bridgehead atoms. The van der Waals surface area contributed by atoms with Gasteiger partial charge in [0.25, 0.3) is 0 Å². The molecule has 0 unspecified atom stereocenters. The molecular formula is C12H16N4O. The molecule has 1 heterocycles. The minimum absolute atomic E-state index is 0.340. The maximum absolute atomic E-state index is 8.61. The van der Waals surface area contributed by atoms with Crippen molar-refractivity contribution in [3.05, 3.63) is 18.1 Å². The van der Waals surface area contributed by atoms with Crippen molar-refractivity contribution in [3.63, 3.8) is 0 Å². The van der Waals surface area contributed by atoms with Crippen LogP contribution in [0.1, 0.15) is 18.5 Å². The fourth-order valence-corrected chi connectivity index (χ4v) is 1.43. The van der Waals surface area contributed by atoms with Crippen LogP contribution in [-0.2, 0) is 4.74 Å². The summed E-state index contributed by atoms with van der Waals surface area (Å²) in [4.78, 5) is 10.1. The quantitative estimate of drug-likeness (QED) is 0.690. The molecule has 0 atom stereocenters. The molecule has 1 fully saturated rings. The maximum atomic E-state index is 8.61. The predicted octanol–water partition coefficient (Wildman–Crippen LogP) is 1.21. The molecule has 0 amide bonds. The zero-order valence-electron chi connectivity index (χ0n) is 9.96. The second-order valence-electron chi connectivity index (χ2n) is 4.31. The van der Waals surface area contributed by atoms with Crippen molar-refractivity contribution in [1.29, 1.82) is 5.26 Å². The lowest BCUT2D eigenvalue weighted by Gasteiger charge is -2.17. The normalized spacial score (nSPS) is 14.4. The summed E-state index contributed by atoms with van der Waals surface area (Å²) in [6.07, 6.45) is 5.73. The number of hydrogen-bond acceptors (Lipinski definition) is 5. The predicted molar refractivity (Wildman–Crippen MR) is 63.6 cm³/mol. The van der Waals surface area contributed by atoms with Crippen LogP contribution in [0.3, 0.4) is 0 Å². The molecule has 0 aliphatic heterocycles. The molecule has 1 aliphatic carbocycles. The van der Waals surface area contributed by atoms with Crippen LogP contribution in [0.4, 0.5) is 5.82 Å². The van der Waals surface area contributed by atoms with Gasteiger partial charge in [-0.3, -0.25) is 0 Å². The van der Waals surface area contributed by atoms with E-state index in [-0.39, 0.29) is 0 Å². The van der Waals surface area contributed by atoms with Gasteiger partial charge in [0.15, 0.2) is 5.69 Å². The molecule has 5 heteroatoms. The van der Waals surface area contributed by atoms with E-state index < -0.39 is 0 Å². The van der Waals surface area contributed by atoms with Crippen molar-refractivity contribution >= 4 is 5.82 Å². The lowest BCUT2D eigenvalue weighted by Crippen LogP contribution is -2.24. The average Bonchev–Trinajstić information content (AvgIpc) is 3.18. The fraction of sp³-hybridized carbons (Fsp3) is 0.583. The molecule has 2 rings (SSSR count). The van der Waals surface area contributed by atoms with Gasteiger partial charge in [0.2, 0.25) is 0 Å². The van der Waals surface area contributed by atoms with Gasteiger partial charge in [-0.05, 0) is 18.8 Å². The second-order valence-corrected chi connectivity index (χ2v) is 4.31. The molecule has 5 nitrogen and oxygen atoms in total. The number of rotatable bonds is 6. The van der Waals surface area contributed by atoms with Crippen molar-refractivity contribution in [3.8, 4) is 6.07 Å². The summed E-state index contributed by atoms with van der Waals surface area (Å²) in [7, 11) is 1.94. The van der Waals surface area contributed by atoms with Gasteiger partial charge in [-0.25, -0.2) is 9.97 Å². The summed E-state index contributed by atoms with van der Waals surface area (Å²) < 4.78 is 5.55. The molecule has 1 saturated carbocycles. The Balaban J connectivity index is 1.73. The summed E-state index contributed by atoms with van der Waals surface area (Å²) in [5.74, 6) is 1.56. The van der Waals surface area contributed by atoms with Crippen LogP contribution in [0.25, 0.3) is 0 Å². The van der Waals surface area contributed by atoms with E-state index in [1.54, 1.807) is 6.20 Å². The number of nitrogens with zero attached hydrogens (tertiary/aromatic N) is 4. The molecular weight excluding hydrogens is 216 g/mol. The van der Waals surface area contributed by atoms with E-state index in [0.29, 0.717) is 12.3 Å². The highest BCUT2D eigenvalue weighted by molar-refractivity contribution is 5.35. The van der Waals surface area contributed by atoms with E-state index in [1.165, 1.54) is 19.0 Å². The van der Waals surface area contributed by atoms with Crippen LogP contribution in [0.5, 0.6) is 0 Å². The molecule has 1 aromatic rings. The first-order chi connectivity index (χ1) is 8.29. The number of likely N-dealkylation sites (N-methyl/N-ethyl adjacent to an activating group) is 1. The standard InChI is InChI=1S/C12H16N4O/c1-16(4-5-17-9-10-2-3-10)12-8-14-11(6-13)7-15-12/h7-8,10H,2-5,9H2,1H3. The zero-order chi connectivity index (χ0) is 12.1. The van der Waals surface area contributed by atoms with Gasteiger partial charge in [-0.2, -0.15) is 5.26 Å². The van der Waals surface area contributed by atoms with Crippen molar-refractivity contribution < 1.29 is 4.74 Å². The van der Waals surface area contributed by atoms with Crippen molar-refractivity contribution in [2.75, 3.05) is 31.7 Å². The average molecular weight is 232 g/mol. The monoisotopic (exact) mass is 232 g/mol. The van der Waals surface area contributed by atoms with E-state index in [0.717, 1.165) is 24.9 Å². The van der Waals surface area contributed by atoms with Gasteiger partial charge in [0, 0.05) is 20.2 Å². The van der Waals surface area contributed by atoms with Gasteiger partial charge < -0.3 is 9.64 Å². The third kappa shape index (κ3) is 3.68. The molecule has 0 N–H and O–H groups in total. The van der Waals surface area contributed by atoms with Crippen molar-refractivity contribution in [1.82, 2.24) is 9.97 Å². The Bertz CT molecular complexity index is 394. The number of aromatic nitrogens is 2. The SMILES string of the molecule is CN(CCOCC1CC1)c1cnc(C#N)cn1. The molecule has 17 heavy (non-hydrogen) atoms. The number of nitriles is 1. The van der Waals surface area contributed by atoms with Crippen LogP contribution in [0.15, 0.2) is 12.4 Å². The Morgan fingerprint density at radius 2 is 2.29 bits per heavy atom. The summed E-state index contributed by atoms with van der Waals surface area (Å²) in [6.45, 7) is 2.37. The van der Waals surface area contributed by atoms with E-state index in [2.05, 4.69) is 9.97 Å². The first-order valence-corrected chi connectivity index (χ1v) is 5.80. The lowest BCUT2D eigenvalue weighted by molar-refractivity contribution is 0.131. The van der Waals surface area contributed by atoms with Crippen molar-refractivity contribution in [2.24, 2.45) is 5.92 Å². The molecule has 0 spiro atoms. The molecule has 0 radical (unpaired) electrons. The second kappa shape index (κ2) is 5.60. The van der Waals surface area contributed by atoms with E-state index in [4.69, 9.17) is 10.00 Å². The van der Waals surface area contributed by atoms with Crippen LogP contribution >= 0.6 is 0 Å². The largest absolute Gasteiger partial charge is 0.379 e. The van der Waals surface area contributed by atoms with Crippen LogP contribution in [0.2, 0.25) is 0 Å². The first-order valence-electron chi connectivity index (χ1n) is 5.80. The number of hydrogen-bond donors (Lipinski definition) is 0. The highest BCUT2D eigenvalue weighted by Crippen LogP contribution is 2.28. The molecule has 1 aromatic heterocycles. The van der Waals surface area contributed by atoms with Gasteiger partial charge in [-0.1, -0.05) is 0 Å². The Morgan fingerprint density at radius 3 is 2.88 bits per heavy atom. The van der Waals surface area contributed by atoms with Crippen LogP contribution in [-0.4, -0.2) is 36.8 Å². The number of anilines is 1. The van der Waals surface area contributed by atoms with Gasteiger partial charge >= 0.3 is 0 Å². The van der Waals surface area contributed by atoms with Gasteiger partial charge in [0.05, 0.1) is 19.0 Å². The summed E-state index contributed by atoms with van der Waals surface area (Å²) in [5.41, 5.74) is 0.340. The highest BCUT2D eigenvalue weighted by atomic mass is 16.5. The molecule has 0 saturated heterocycles. The Hall–Kier alpha value is -1.67. The molecule has 0 aromatic carbocycles. The van der Waals surface area contributed by atoms with Gasteiger partial charge in [-0.15, -0.1) is 0 Å². The smallest absolute Gasteiger partial charge is 0.158 e. The van der Waals surface area contributed by atoms with E-state index in [9.17, 15) is 0 Å². The van der Waals surface area contributed by atoms with E-state index in [1.807, 2.05) is 18.0 Å². The van der Waals surface area contributed by atoms with Gasteiger partial charge in [0.1, 0.15) is 11.9 Å². The Labute approximate surface area is 101 Å². The summed E-state index contributed by atoms with van der Waals surface area (Å²) in [5, 5.41) is 8.61. The summed E-state index contributed by atoms with van der Waals surface area (Å²) >= 11 is 0. The number of ether oxygens (including phenoxy) is 1. The first kappa shape index (κ1) is 11.8. The third-order valence-electron chi connectivity index (χ3n) is 2.77. The lowest BCUT2D eigenvalue weighted by atomic mass is 10.4. The van der Waals surface area contributed by atoms with Crippen molar-refractivity contribution in [2.45, 2.75) is 12.8 Å². The summed E-state index contributed by atoms with van der Waals surface area (Å²) in [6, 6.07) is 1.95. The molecule has 1 aliphatic rings. The van der Waals surface area contributed by atoms with Crippen LogP contribution < -0.4 is 4.90 Å². The topological polar surface area (TPSA) is 62.0 Å². The Morgan fingerprint density at radius 1 is 1.47 bits per heavy atom. The Kier molecular flexibility index (Phi) is 3.89. The highest BCUT2D eigenvalue weighted by Gasteiger charge is 2.20. The fourth-order valence-electron chi connectivity index (χ4n) is 1.43. The third-order valence-corrected chi connectivity index (χ3v) is 2.77. The van der Waals surface area contributed by atoms with Crippen LogP contribution in [0, 0.1) is 17.2 Å². The zero-order valence-corrected chi connectivity index (χ0v) is 9.96. The minimum Gasteiger partial charge on any atom is -0.379 e.